The van der Waals surface area contributed by atoms with E-state index in [1.165, 1.54) is 22.7 Å². The molecule has 0 spiro atoms. The van der Waals surface area contributed by atoms with Crippen molar-refractivity contribution in [1.82, 2.24) is 9.97 Å². The van der Waals surface area contributed by atoms with E-state index in [2.05, 4.69) is 51.3 Å². The molecule has 2 heterocycles. The monoisotopic (exact) mass is 454 g/mol. The molecule has 1 aromatic heterocycles. The summed E-state index contributed by atoms with van der Waals surface area (Å²) in [5, 5.41) is 2.40. The van der Waals surface area contributed by atoms with Crippen molar-refractivity contribution in [2.75, 3.05) is 11.4 Å². The number of benzene rings is 3. The fourth-order valence-electron chi connectivity index (χ4n) is 4.94. The van der Waals surface area contributed by atoms with Gasteiger partial charge in [0, 0.05) is 6.54 Å². The zero-order chi connectivity index (χ0) is 23.5. The molecule has 34 heavy (non-hydrogen) atoms. The summed E-state index contributed by atoms with van der Waals surface area (Å²) in [6.45, 7) is 0.766. The lowest BCUT2D eigenvalue weighted by molar-refractivity contribution is -0.117. The zero-order valence-corrected chi connectivity index (χ0v) is 19.0. The highest BCUT2D eigenvalue weighted by Crippen LogP contribution is 2.39. The van der Waals surface area contributed by atoms with Crippen molar-refractivity contribution in [2.24, 2.45) is 5.73 Å². The molecule has 1 aliphatic heterocycles. The fourth-order valence-corrected chi connectivity index (χ4v) is 4.94. The summed E-state index contributed by atoms with van der Waals surface area (Å²) in [7, 11) is 0. The summed E-state index contributed by atoms with van der Waals surface area (Å²) in [6.07, 6.45) is 4.77. The smallest absolute Gasteiger partial charge is 0.221 e. The van der Waals surface area contributed by atoms with Gasteiger partial charge < -0.3 is 10.6 Å². The molecule has 4 aromatic rings. The SMILES string of the molecule is NC(=O)Cc1ccc(CCc2ncnc(N3CCCC3c3cccc4ccccc34)c2F)cc1. The van der Waals surface area contributed by atoms with Crippen molar-refractivity contribution < 1.29 is 9.18 Å². The average Bonchev–Trinajstić information content (AvgIpc) is 3.33. The van der Waals surface area contributed by atoms with Gasteiger partial charge in [0.15, 0.2) is 11.6 Å². The van der Waals surface area contributed by atoms with E-state index in [4.69, 9.17) is 5.73 Å². The molecule has 1 atom stereocenters. The van der Waals surface area contributed by atoms with Crippen LogP contribution in [0.5, 0.6) is 0 Å². The maximum absolute atomic E-state index is 15.6. The molecular weight excluding hydrogens is 427 g/mol. The van der Waals surface area contributed by atoms with Gasteiger partial charge in [0.2, 0.25) is 5.91 Å². The number of aryl methyl sites for hydroxylation is 2. The molecule has 6 heteroatoms. The third-order valence-corrected chi connectivity index (χ3v) is 6.60. The summed E-state index contributed by atoms with van der Waals surface area (Å²) in [6, 6.07) is 22.4. The number of rotatable bonds is 7. The first kappa shape index (κ1) is 22.0. The van der Waals surface area contributed by atoms with Crippen molar-refractivity contribution in [2.45, 2.75) is 38.1 Å². The van der Waals surface area contributed by atoms with Crippen LogP contribution < -0.4 is 10.6 Å². The second kappa shape index (κ2) is 9.59. The lowest BCUT2D eigenvalue weighted by Crippen LogP contribution is -2.25. The third-order valence-electron chi connectivity index (χ3n) is 6.60. The first-order valence-corrected chi connectivity index (χ1v) is 11.7. The normalized spacial score (nSPS) is 15.7. The second-order valence-corrected chi connectivity index (χ2v) is 8.84. The minimum Gasteiger partial charge on any atom is -0.369 e. The van der Waals surface area contributed by atoms with Gasteiger partial charge in [0.25, 0.3) is 0 Å². The van der Waals surface area contributed by atoms with Gasteiger partial charge in [0.1, 0.15) is 6.33 Å². The number of nitrogens with two attached hydrogens (primary N) is 1. The number of amides is 1. The largest absolute Gasteiger partial charge is 0.369 e. The van der Waals surface area contributed by atoms with Crippen molar-refractivity contribution in [3.05, 3.63) is 101 Å². The Hall–Kier alpha value is -3.80. The maximum atomic E-state index is 15.6. The number of hydrogen-bond acceptors (Lipinski definition) is 4. The van der Waals surface area contributed by atoms with Crippen LogP contribution in [0.1, 0.15) is 41.3 Å². The first-order valence-electron chi connectivity index (χ1n) is 11.7. The molecule has 0 saturated carbocycles. The van der Waals surface area contributed by atoms with Crippen LogP contribution in [0.2, 0.25) is 0 Å². The second-order valence-electron chi connectivity index (χ2n) is 8.84. The first-order chi connectivity index (χ1) is 16.6. The molecule has 1 aliphatic rings. The molecule has 1 unspecified atom stereocenters. The van der Waals surface area contributed by atoms with Gasteiger partial charge in [-0.15, -0.1) is 0 Å². The molecule has 1 saturated heterocycles. The zero-order valence-electron chi connectivity index (χ0n) is 19.0. The van der Waals surface area contributed by atoms with E-state index in [1.807, 2.05) is 30.3 Å². The van der Waals surface area contributed by atoms with Gasteiger partial charge >= 0.3 is 0 Å². The summed E-state index contributed by atoms with van der Waals surface area (Å²) in [4.78, 5) is 21.8. The predicted molar refractivity (Wildman–Crippen MR) is 132 cm³/mol. The van der Waals surface area contributed by atoms with Crippen molar-refractivity contribution in [3.63, 3.8) is 0 Å². The molecule has 1 fully saturated rings. The number of carbonyl (C=O) groups is 1. The highest BCUT2D eigenvalue weighted by atomic mass is 19.1. The highest BCUT2D eigenvalue weighted by molar-refractivity contribution is 5.86. The van der Waals surface area contributed by atoms with E-state index < -0.39 is 0 Å². The quantitative estimate of drug-likeness (QED) is 0.430. The van der Waals surface area contributed by atoms with E-state index in [9.17, 15) is 4.79 Å². The van der Waals surface area contributed by atoms with Crippen LogP contribution in [0, 0.1) is 5.82 Å². The Balaban J connectivity index is 1.37. The van der Waals surface area contributed by atoms with Gasteiger partial charge in [-0.2, -0.15) is 0 Å². The molecule has 5 rings (SSSR count). The van der Waals surface area contributed by atoms with Gasteiger partial charge in [-0.1, -0.05) is 66.7 Å². The number of anilines is 1. The number of primary amides is 1. The van der Waals surface area contributed by atoms with E-state index in [0.29, 0.717) is 24.4 Å². The number of carbonyl (C=O) groups excluding carboxylic acids is 1. The van der Waals surface area contributed by atoms with E-state index >= 15 is 4.39 Å². The Morgan fingerprint density at radius 1 is 0.971 bits per heavy atom. The Bertz CT molecular complexity index is 1320. The Labute approximate surface area is 198 Å². The summed E-state index contributed by atoms with van der Waals surface area (Å²) >= 11 is 0. The van der Waals surface area contributed by atoms with Crippen LogP contribution in [-0.2, 0) is 24.1 Å². The molecule has 5 nitrogen and oxygen atoms in total. The van der Waals surface area contributed by atoms with Crippen LogP contribution in [0.25, 0.3) is 10.8 Å². The molecule has 0 aliphatic carbocycles. The number of fused-ring (bicyclic) bond motifs is 1. The highest BCUT2D eigenvalue weighted by Gasteiger charge is 2.31. The van der Waals surface area contributed by atoms with Crippen molar-refractivity contribution in [1.29, 1.82) is 0 Å². The van der Waals surface area contributed by atoms with Crippen molar-refractivity contribution in [3.8, 4) is 0 Å². The Kier molecular flexibility index (Phi) is 6.21. The molecular formula is C28H27FN4O. The number of aromatic nitrogens is 2. The van der Waals surface area contributed by atoms with Crippen LogP contribution in [0.3, 0.4) is 0 Å². The van der Waals surface area contributed by atoms with Gasteiger partial charge in [0.05, 0.1) is 18.2 Å². The summed E-state index contributed by atoms with van der Waals surface area (Å²) in [5.41, 5.74) is 8.83. The molecule has 2 N–H and O–H groups in total. The lowest BCUT2D eigenvalue weighted by atomic mass is 9.97. The minimum absolute atomic E-state index is 0.0844. The number of nitrogens with zero attached hydrogens (tertiary/aromatic N) is 3. The molecule has 172 valence electrons. The van der Waals surface area contributed by atoms with Crippen LogP contribution in [0.4, 0.5) is 10.2 Å². The maximum Gasteiger partial charge on any atom is 0.221 e. The van der Waals surface area contributed by atoms with Crippen LogP contribution in [-0.4, -0.2) is 22.4 Å². The fraction of sp³-hybridized carbons (Fsp3) is 0.250. The van der Waals surface area contributed by atoms with Gasteiger partial charge in [-0.05, 0) is 53.1 Å². The van der Waals surface area contributed by atoms with E-state index in [1.54, 1.807) is 0 Å². The van der Waals surface area contributed by atoms with Crippen LogP contribution in [0.15, 0.2) is 73.1 Å². The van der Waals surface area contributed by atoms with Gasteiger partial charge in [-0.25, -0.2) is 14.4 Å². The Morgan fingerprint density at radius 2 is 1.74 bits per heavy atom. The number of halogens is 1. The number of hydrogen-bond donors (Lipinski definition) is 1. The predicted octanol–water partition coefficient (Wildman–Crippen LogP) is 4.92. The van der Waals surface area contributed by atoms with E-state index in [0.717, 1.165) is 30.5 Å². The lowest BCUT2D eigenvalue weighted by Gasteiger charge is -2.27. The molecule has 0 radical (unpaired) electrons. The van der Waals surface area contributed by atoms with Crippen molar-refractivity contribution >= 4 is 22.5 Å². The summed E-state index contributed by atoms with van der Waals surface area (Å²) < 4.78 is 15.6. The third kappa shape index (κ3) is 4.49. The standard InChI is InChI=1S/C28H27FN4O/c29-27-24(15-14-19-10-12-20(13-11-19)17-26(30)34)31-18-32-28(27)33-16-4-9-25(33)23-8-3-6-21-5-1-2-7-22(21)23/h1-3,5-8,10-13,18,25H,4,9,14-17H2,(H2,30,34). The average molecular weight is 455 g/mol. The molecule has 3 aromatic carbocycles. The van der Waals surface area contributed by atoms with Crippen LogP contribution >= 0.6 is 0 Å². The molecule has 0 bridgehead atoms. The minimum atomic E-state index is -0.355. The summed E-state index contributed by atoms with van der Waals surface area (Å²) in [5.74, 6) is -0.302. The van der Waals surface area contributed by atoms with Gasteiger partial charge in [-0.3, -0.25) is 4.79 Å². The molecule has 1 amide bonds. The topological polar surface area (TPSA) is 72.1 Å². The van der Waals surface area contributed by atoms with E-state index in [-0.39, 0.29) is 24.2 Å². The Morgan fingerprint density at radius 3 is 2.56 bits per heavy atom.